The van der Waals surface area contributed by atoms with Crippen LogP contribution in [0.3, 0.4) is 0 Å². The highest BCUT2D eigenvalue weighted by molar-refractivity contribution is 9.10. The van der Waals surface area contributed by atoms with E-state index in [1.54, 1.807) is 6.92 Å². The highest BCUT2D eigenvalue weighted by atomic mass is 79.9. The minimum atomic E-state index is 0.219. The van der Waals surface area contributed by atoms with Crippen molar-refractivity contribution in [2.45, 2.75) is 13.3 Å². The number of hydrogen-bond acceptors (Lipinski definition) is 2. The van der Waals surface area contributed by atoms with Gasteiger partial charge in [0.15, 0.2) is 0 Å². The van der Waals surface area contributed by atoms with Crippen LogP contribution in [0.1, 0.15) is 12.5 Å². The molecule has 0 amide bonds. The molecule has 0 atom stereocenters. The summed E-state index contributed by atoms with van der Waals surface area (Å²) in [7, 11) is 0. The van der Waals surface area contributed by atoms with Crippen LogP contribution in [0.2, 0.25) is 0 Å². The van der Waals surface area contributed by atoms with E-state index in [1.165, 1.54) is 0 Å². The van der Waals surface area contributed by atoms with E-state index in [9.17, 15) is 0 Å². The van der Waals surface area contributed by atoms with Gasteiger partial charge in [0.05, 0.1) is 0 Å². The van der Waals surface area contributed by atoms with Crippen LogP contribution in [0.4, 0.5) is 0 Å². The Morgan fingerprint density at radius 1 is 1.31 bits per heavy atom. The highest BCUT2D eigenvalue weighted by Gasteiger charge is 1.90. The standard InChI is InChI=1S/C8H9BrO.C2H6O/c9-8-3-1-2-7(6-8)4-5-10;1-2-3/h1-3,6,10H,4-5H2;3H,2H2,1H3. The Hall–Kier alpha value is -0.380. The van der Waals surface area contributed by atoms with Gasteiger partial charge in [0.2, 0.25) is 0 Å². The van der Waals surface area contributed by atoms with E-state index in [0.717, 1.165) is 16.5 Å². The van der Waals surface area contributed by atoms with Gasteiger partial charge in [-0.25, -0.2) is 0 Å². The van der Waals surface area contributed by atoms with E-state index >= 15 is 0 Å². The second-order valence-electron chi connectivity index (χ2n) is 2.42. The maximum atomic E-state index is 8.60. The van der Waals surface area contributed by atoms with Crippen molar-refractivity contribution in [2.75, 3.05) is 13.2 Å². The Bertz CT molecular complexity index is 226. The van der Waals surface area contributed by atoms with Gasteiger partial charge in [-0.05, 0) is 31.0 Å². The summed E-state index contributed by atoms with van der Waals surface area (Å²) in [5.74, 6) is 0. The van der Waals surface area contributed by atoms with Crippen molar-refractivity contribution in [1.29, 1.82) is 0 Å². The van der Waals surface area contributed by atoms with Crippen molar-refractivity contribution >= 4 is 15.9 Å². The van der Waals surface area contributed by atoms with Crippen molar-refractivity contribution in [1.82, 2.24) is 0 Å². The summed E-state index contributed by atoms with van der Waals surface area (Å²) in [6.45, 7) is 2.15. The summed E-state index contributed by atoms with van der Waals surface area (Å²) in [5, 5.41) is 16.2. The van der Waals surface area contributed by atoms with E-state index in [2.05, 4.69) is 15.9 Å². The van der Waals surface area contributed by atoms with Gasteiger partial charge in [0.1, 0.15) is 0 Å². The molecule has 0 aliphatic rings. The normalized spacial score (nSPS) is 8.92. The Morgan fingerprint density at radius 3 is 2.38 bits per heavy atom. The molecule has 0 aliphatic carbocycles. The largest absolute Gasteiger partial charge is 0.397 e. The van der Waals surface area contributed by atoms with Crippen molar-refractivity contribution in [3.63, 3.8) is 0 Å². The molecule has 0 heterocycles. The van der Waals surface area contributed by atoms with E-state index in [-0.39, 0.29) is 13.2 Å². The fourth-order valence-corrected chi connectivity index (χ4v) is 1.27. The van der Waals surface area contributed by atoms with Crippen LogP contribution in [0.5, 0.6) is 0 Å². The van der Waals surface area contributed by atoms with Crippen molar-refractivity contribution in [3.05, 3.63) is 34.3 Å². The predicted octanol–water partition coefficient (Wildman–Crippen LogP) is 1.98. The van der Waals surface area contributed by atoms with E-state index in [0.29, 0.717) is 0 Å². The molecule has 74 valence electrons. The molecule has 1 aromatic rings. The fraction of sp³-hybridized carbons (Fsp3) is 0.400. The molecule has 0 aromatic heterocycles. The second-order valence-corrected chi connectivity index (χ2v) is 3.34. The molecule has 0 unspecified atom stereocenters. The van der Waals surface area contributed by atoms with E-state index in [4.69, 9.17) is 10.2 Å². The molecule has 2 N–H and O–H groups in total. The number of aliphatic hydroxyl groups excluding tert-OH is 2. The van der Waals surface area contributed by atoms with Crippen LogP contribution in [0.25, 0.3) is 0 Å². The summed E-state index contributed by atoms with van der Waals surface area (Å²) in [6, 6.07) is 7.95. The van der Waals surface area contributed by atoms with Crippen LogP contribution in [-0.4, -0.2) is 23.4 Å². The predicted molar refractivity (Wildman–Crippen MR) is 57.7 cm³/mol. The zero-order valence-electron chi connectivity index (χ0n) is 7.70. The molecular formula is C10H15BrO2. The zero-order chi connectivity index (χ0) is 10.1. The Labute approximate surface area is 87.4 Å². The minimum Gasteiger partial charge on any atom is -0.397 e. The highest BCUT2D eigenvalue weighted by Crippen LogP contribution is 2.11. The first-order valence-corrected chi connectivity index (χ1v) is 5.00. The third-order valence-corrected chi connectivity index (χ3v) is 1.78. The Balaban J connectivity index is 0.000000424. The third-order valence-electron chi connectivity index (χ3n) is 1.29. The first-order valence-electron chi connectivity index (χ1n) is 4.20. The number of benzene rings is 1. The summed E-state index contributed by atoms with van der Waals surface area (Å²) in [6.07, 6.45) is 0.736. The van der Waals surface area contributed by atoms with Crippen molar-refractivity contribution in [2.24, 2.45) is 0 Å². The Kier molecular flexibility index (Phi) is 7.99. The number of halogens is 1. The minimum absolute atomic E-state index is 0.219. The number of aliphatic hydroxyl groups is 2. The van der Waals surface area contributed by atoms with E-state index < -0.39 is 0 Å². The molecule has 0 radical (unpaired) electrons. The van der Waals surface area contributed by atoms with Crippen LogP contribution >= 0.6 is 15.9 Å². The summed E-state index contributed by atoms with van der Waals surface area (Å²) >= 11 is 3.35. The van der Waals surface area contributed by atoms with Crippen molar-refractivity contribution < 1.29 is 10.2 Å². The second kappa shape index (κ2) is 8.23. The van der Waals surface area contributed by atoms with Crippen LogP contribution in [-0.2, 0) is 6.42 Å². The lowest BCUT2D eigenvalue weighted by atomic mass is 10.2. The monoisotopic (exact) mass is 246 g/mol. The molecule has 13 heavy (non-hydrogen) atoms. The molecule has 0 bridgehead atoms. The van der Waals surface area contributed by atoms with Crippen LogP contribution in [0.15, 0.2) is 28.7 Å². The number of rotatable bonds is 2. The SMILES string of the molecule is CCO.OCCc1cccc(Br)c1. The fourth-order valence-electron chi connectivity index (χ4n) is 0.822. The van der Waals surface area contributed by atoms with Gasteiger partial charge in [0, 0.05) is 17.7 Å². The van der Waals surface area contributed by atoms with Crippen molar-refractivity contribution in [3.8, 4) is 0 Å². The summed E-state index contributed by atoms with van der Waals surface area (Å²) in [4.78, 5) is 0. The quantitative estimate of drug-likeness (QED) is 0.838. The Morgan fingerprint density at radius 2 is 1.92 bits per heavy atom. The molecular weight excluding hydrogens is 232 g/mol. The summed E-state index contributed by atoms with van der Waals surface area (Å²) < 4.78 is 1.07. The molecule has 3 heteroatoms. The molecule has 0 saturated carbocycles. The van der Waals surface area contributed by atoms with E-state index in [1.807, 2.05) is 24.3 Å². The summed E-state index contributed by atoms with van der Waals surface area (Å²) in [5.41, 5.74) is 1.16. The molecule has 0 fully saturated rings. The van der Waals surface area contributed by atoms with Crippen LogP contribution < -0.4 is 0 Å². The average Bonchev–Trinajstić information content (AvgIpc) is 2.06. The smallest absolute Gasteiger partial charge is 0.0471 e. The van der Waals surface area contributed by atoms with Gasteiger partial charge in [-0.15, -0.1) is 0 Å². The van der Waals surface area contributed by atoms with Gasteiger partial charge in [0.25, 0.3) is 0 Å². The van der Waals surface area contributed by atoms with Gasteiger partial charge in [-0.3, -0.25) is 0 Å². The topological polar surface area (TPSA) is 40.5 Å². The molecule has 1 aromatic carbocycles. The average molecular weight is 247 g/mol. The first kappa shape index (κ1) is 12.6. The van der Waals surface area contributed by atoms with Gasteiger partial charge in [-0.2, -0.15) is 0 Å². The van der Waals surface area contributed by atoms with Gasteiger partial charge < -0.3 is 10.2 Å². The first-order chi connectivity index (χ1) is 6.24. The molecule has 0 saturated heterocycles. The van der Waals surface area contributed by atoms with Gasteiger partial charge >= 0.3 is 0 Å². The molecule has 2 nitrogen and oxygen atoms in total. The molecule has 1 rings (SSSR count). The lowest BCUT2D eigenvalue weighted by Gasteiger charge is -1.96. The molecule has 0 spiro atoms. The number of hydrogen-bond donors (Lipinski definition) is 2. The zero-order valence-corrected chi connectivity index (χ0v) is 9.29. The van der Waals surface area contributed by atoms with Gasteiger partial charge in [-0.1, -0.05) is 28.1 Å². The third kappa shape index (κ3) is 6.75. The maximum absolute atomic E-state index is 8.60. The molecule has 0 aliphatic heterocycles. The lowest BCUT2D eigenvalue weighted by Crippen LogP contribution is -1.88. The lowest BCUT2D eigenvalue weighted by molar-refractivity contribution is 0.299. The van der Waals surface area contributed by atoms with Crippen LogP contribution in [0, 0.1) is 0 Å². The maximum Gasteiger partial charge on any atom is 0.0471 e.